The predicted molar refractivity (Wildman–Crippen MR) is 179 cm³/mol. The Hall–Kier alpha value is -2.74. The summed E-state index contributed by atoms with van der Waals surface area (Å²) in [6.45, 7) is 15.9. The third kappa shape index (κ3) is 7.56. The number of hydrogen-bond donors (Lipinski definition) is 3. The standard InChI is InChI=1S/C34H44N4OS2/c1-5-36(6-2)28-14-9-25(10-15-28)34(26-11-16-29(17-12-26)37(7-3)8-4)30-23-27(31(40)24-32(30)41)13-18-33(39)38-21-19-35-20-22-38/h9-12,14-17,23-24,35H,5-8,13,18-22H2,1-4H3,(H,40,41)/p+1. The summed E-state index contributed by atoms with van der Waals surface area (Å²) in [7, 11) is 0. The van der Waals surface area contributed by atoms with Crippen LogP contribution in [0.2, 0.25) is 0 Å². The maximum Gasteiger partial charge on any atom is 0.222 e. The Morgan fingerprint density at radius 1 is 0.902 bits per heavy atom. The second-order valence-electron chi connectivity index (χ2n) is 10.4. The molecule has 218 valence electrons. The van der Waals surface area contributed by atoms with Crippen LogP contribution in [0.4, 0.5) is 5.69 Å². The van der Waals surface area contributed by atoms with Crippen LogP contribution in [-0.2, 0) is 11.2 Å². The number of nitrogens with one attached hydrogen (secondary N) is 1. The molecule has 0 radical (unpaired) electrons. The molecular weight excluding hydrogens is 545 g/mol. The van der Waals surface area contributed by atoms with Crippen molar-refractivity contribution in [2.24, 2.45) is 0 Å². The monoisotopic (exact) mass is 589 g/mol. The number of carbonyl (C=O) groups excluding carboxylic acids is 1. The highest BCUT2D eigenvalue weighted by atomic mass is 32.1. The van der Waals surface area contributed by atoms with Crippen LogP contribution < -0.4 is 10.2 Å². The molecule has 5 nitrogen and oxygen atoms in total. The van der Waals surface area contributed by atoms with E-state index >= 15 is 0 Å². The van der Waals surface area contributed by atoms with Gasteiger partial charge in [-0.25, -0.2) is 4.58 Å². The van der Waals surface area contributed by atoms with Crippen molar-refractivity contribution in [1.82, 2.24) is 10.2 Å². The molecule has 1 amide bonds. The SMILES string of the molecule is CCN(CC)c1ccc(C(=C2C=CC(=[N+](CC)CC)C=C2)c2cc(CCC(=O)N3CCNCC3)c(S)cc2S)cc1. The second kappa shape index (κ2) is 14.9. The van der Waals surface area contributed by atoms with E-state index in [1.165, 1.54) is 11.4 Å². The van der Waals surface area contributed by atoms with Gasteiger partial charge in [-0.15, -0.1) is 25.3 Å². The fourth-order valence-corrected chi connectivity index (χ4v) is 6.38. The van der Waals surface area contributed by atoms with Gasteiger partial charge in [0.1, 0.15) is 13.1 Å². The molecule has 0 bridgehead atoms. The van der Waals surface area contributed by atoms with E-state index in [-0.39, 0.29) is 5.91 Å². The number of carbonyl (C=O) groups is 1. The van der Waals surface area contributed by atoms with Gasteiger partial charge >= 0.3 is 0 Å². The molecule has 1 aliphatic heterocycles. The average Bonchev–Trinajstić information content (AvgIpc) is 3.00. The van der Waals surface area contributed by atoms with Gasteiger partial charge < -0.3 is 15.1 Å². The van der Waals surface area contributed by atoms with E-state index in [1.54, 1.807) is 0 Å². The van der Waals surface area contributed by atoms with Crippen molar-refractivity contribution in [1.29, 1.82) is 0 Å². The highest BCUT2D eigenvalue weighted by Crippen LogP contribution is 2.37. The number of nitrogens with zero attached hydrogens (tertiary/aromatic N) is 3. The van der Waals surface area contributed by atoms with Gasteiger partial charge in [0.2, 0.25) is 5.91 Å². The number of thiol groups is 2. The maximum atomic E-state index is 12.9. The van der Waals surface area contributed by atoms with Crippen LogP contribution in [0, 0.1) is 0 Å². The molecule has 1 saturated heterocycles. The maximum absolute atomic E-state index is 12.9. The van der Waals surface area contributed by atoms with Crippen LogP contribution in [0.5, 0.6) is 0 Å². The first-order valence-corrected chi connectivity index (χ1v) is 15.9. The summed E-state index contributed by atoms with van der Waals surface area (Å²) in [5.41, 5.74) is 7.99. The molecule has 1 fully saturated rings. The largest absolute Gasteiger partial charge is 0.372 e. The smallest absolute Gasteiger partial charge is 0.222 e. The fraction of sp³-hybridized carbons (Fsp3) is 0.412. The van der Waals surface area contributed by atoms with Gasteiger partial charge in [-0.1, -0.05) is 12.1 Å². The van der Waals surface area contributed by atoms with E-state index in [9.17, 15) is 4.79 Å². The molecule has 1 N–H and O–H groups in total. The second-order valence-corrected chi connectivity index (χ2v) is 11.4. The van der Waals surface area contributed by atoms with Crippen molar-refractivity contribution >= 4 is 48.1 Å². The van der Waals surface area contributed by atoms with E-state index in [0.29, 0.717) is 12.8 Å². The molecule has 0 aromatic heterocycles. The van der Waals surface area contributed by atoms with Gasteiger partial charge in [0.15, 0.2) is 5.71 Å². The molecule has 41 heavy (non-hydrogen) atoms. The lowest BCUT2D eigenvalue weighted by atomic mass is 9.89. The summed E-state index contributed by atoms with van der Waals surface area (Å²) in [5, 5.41) is 3.32. The molecule has 2 aromatic carbocycles. The number of anilines is 1. The van der Waals surface area contributed by atoms with Crippen LogP contribution in [0.15, 0.2) is 76.1 Å². The highest BCUT2D eigenvalue weighted by molar-refractivity contribution is 7.81. The van der Waals surface area contributed by atoms with Crippen molar-refractivity contribution in [2.45, 2.75) is 50.3 Å². The number of allylic oxidation sites excluding steroid dienone is 5. The lowest BCUT2D eigenvalue weighted by Crippen LogP contribution is -2.46. The van der Waals surface area contributed by atoms with Crippen LogP contribution in [0.25, 0.3) is 5.57 Å². The minimum absolute atomic E-state index is 0.207. The van der Waals surface area contributed by atoms with E-state index in [2.05, 4.69) is 97.1 Å². The van der Waals surface area contributed by atoms with Gasteiger partial charge in [-0.2, -0.15) is 0 Å². The van der Waals surface area contributed by atoms with Crippen LogP contribution in [0.1, 0.15) is 50.8 Å². The fourth-order valence-electron chi connectivity index (χ4n) is 5.67. The zero-order valence-corrected chi connectivity index (χ0v) is 26.8. The molecule has 2 aromatic rings. The van der Waals surface area contributed by atoms with Crippen LogP contribution >= 0.6 is 25.3 Å². The molecular formula is C34H45N4OS2+. The van der Waals surface area contributed by atoms with Gasteiger partial charge in [0, 0.05) is 73.3 Å². The van der Waals surface area contributed by atoms with Gasteiger partial charge in [0.25, 0.3) is 0 Å². The summed E-state index contributed by atoms with van der Waals surface area (Å²) in [5.74, 6) is 0.207. The Balaban J connectivity index is 1.75. The minimum atomic E-state index is 0.207. The molecule has 4 rings (SSSR count). The van der Waals surface area contributed by atoms with E-state index < -0.39 is 0 Å². The predicted octanol–water partition coefficient (Wildman–Crippen LogP) is 5.90. The Morgan fingerprint density at radius 3 is 2.12 bits per heavy atom. The number of benzene rings is 2. The average molecular weight is 590 g/mol. The van der Waals surface area contributed by atoms with Gasteiger partial charge in [0.05, 0.1) is 0 Å². The molecule has 1 heterocycles. The molecule has 1 aliphatic carbocycles. The zero-order chi connectivity index (χ0) is 29.4. The summed E-state index contributed by atoms with van der Waals surface area (Å²) < 4.78 is 2.36. The van der Waals surface area contributed by atoms with Crippen LogP contribution in [-0.4, -0.2) is 73.5 Å². The zero-order valence-electron chi connectivity index (χ0n) is 25.0. The third-order valence-corrected chi connectivity index (χ3v) is 8.90. The normalized spacial score (nSPS) is 14.9. The summed E-state index contributed by atoms with van der Waals surface area (Å²) in [4.78, 5) is 19.0. The first kappa shape index (κ1) is 31.2. The first-order chi connectivity index (χ1) is 19.9. The minimum Gasteiger partial charge on any atom is -0.372 e. The topological polar surface area (TPSA) is 38.6 Å². The summed E-state index contributed by atoms with van der Waals surface area (Å²) >= 11 is 9.74. The van der Waals surface area contributed by atoms with Crippen LogP contribution in [0.3, 0.4) is 0 Å². The molecule has 0 unspecified atom stereocenters. The summed E-state index contributed by atoms with van der Waals surface area (Å²) in [6, 6.07) is 13.1. The number of aryl methyl sites for hydroxylation is 1. The van der Waals surface area contributed by atoms with Gasteiger partial charge in [-0.05, 0) is 98.4 Å². The third-order valence-electron chi connectivity index (χ3n) is 8.11. The van der Waals surface area contributed by atoms with Crippen molar-refractivity contribution in [3.05, 3.63) is 83.0 Å². The quantitative estimate of drug-likeness (QED) is 0.239. The van der Waals surface area contributed by atoms with E-state index in [0.717, 1.165) is 90.0 Å². The molecule has 7 heteroatoms. The lowest BCUT2D eigenvalue weighted by Gasteiger charge is -2.27. The number of piperazine rings is 1. The Morgan fingerprint density at radius 2 is 1.54 bits per heavy atom. The summed E-state index contributed by atoms with van der Waals surface area (Å²) in [6.07, 6.45) is 9.99. The van der Waals surface area contributed by atoms with Crippen molar-refractivity contribution in [2.75, 3.05) is 57.3 Å². The molecule has 2 aliphatic rings. The van der Waals surface area contributed by atoms with Crippen molar-refractivity contribution < 1.29 is 9.37 Å². The Kier molecular flexibility index (Phi) is 11.4. The molecule has 0 atom stereocenters. The van der Waals surface area contributed by atoms with Crippen molar-refractivity contribution in [3.63, 3.8) is 0 Å². The Labute approximate surface area is 257 Å². The Bertz CT molecular complexity index is 1320. The van der Waals surface area contributed by atoms with E-state index in [1.807, 2.05) is 11.0 Å². The van der Waals surface area contributed by atoms with Crippen molar-refractivity contribution in [3.8, 4) is 0 Å². The highest BCUT2D eigenvalue weighted by Gasteiger charge is 2.20. The number of rotatable bonds is 10. The molecule has 0 spiro atoms. The number of amides is 1. The van der Waals surface area contributed by atoms with E-state index in [4.69, 9.17) is 25.3 Å². The van der Waals surface area contributed by atoms with Gasteiger partial charge in [-0.3, -0.25) is 4.79 Å². The number of hydrogen-bond acceptors (Lipinski definition) is 5. The molecule has 0 saturated carbocycles. The first-order valence-electron chi connectivity index (χ1n) is 15.0. The lowest BCUT2D eigenvalue weighted by molar-refractivity contribution is -0.519.